The van der Waals surface area contributed by atoms with Crippen LogP contribution in [0.1, 0.15) is 42.8 Å². The molecule has 0 amide bonds. The fourth-order valence-electron chi connectivity index (χ4n) is 2.29. The van der Waals surface area contributed by atoms with E-state index < -0.39 is 5.97 Å². The molecule has 0 atom stereocenters. The van der Waals surface area contributed by atoms with Crippen molar-refractivity contribution in [3.63, 3.8) is 0 Å². The Morgan fingerprint density at radius 2 is 2.10 bits per heavy atom. The van der Waals surface area contributed by atoms with E-state index in [1.54, 1.807) is 12.1 Å². The first-order chi connectivity index (χ1) is 9.59. The number of furan rings is 1. The van der Waals surface area contributed by atoms with Gasteiger partial charge in [0.25, 0.3) is 0 Å². The first kappa shape index (κ1) is 14.6. The van der Waals surface area contributed by atoms with Crippen molar-refractivity contribution in [2.75, 3.05) is 6.54 Å². The molecule has 1 heterocycles. The Bertz CT molecular complexity index is 586. The van der Waals surface area contributed by atoms with E-state index >= 15 is 0 Å². The summed E-state index contributed by atoms with van der Waals surface area (Å²) in [5, 5.41) is 13.3. The quantitative estimate of drug-likeness (QED) is 0.757. The molecule has 1 aromatic carbocycles. The van der Waals surface area contributed by atoms with Crippen molar-refractivity contribution in [1.82, 2.24) is 5.32 Å². The van der Waals surface area contributed by atoms with Crippen LogP contribution in [0.5, 0.6) is 0 Å². The molecular formula is C16H21NO3. The molecule has 0 aliphatic rings. The SMILES string of the molecule is CC(C)CCCNCc1oc2ccccc2c1C(=O)O. The molecule has 0 saturated carbocycles. The van der Waals surface area contributed by atoms with E-state index in [9.17, 15) is 9.90 Å². The molecule has 0 radical (unpaired) electrons. The Balaban J connectivity index is 2.06. The zero-order valence-corrected chi connectivity index (χ0v) is 12.0. The van der Waals surface area contributed by atoms with E-state index in [0.717, 1.165) is 13.0 Å². The summed E-state index contributed by atoms with van der Waals surface area (Å²) in [6, 6.07) is 7.25. The third-order valence-electron chi connectivity index (χ3n) is 3.30. The Hall–Kier alpha value is -1.81. The summed E-state index contributed by atoms with van der Waals surface area (Å²) in [6.07, 6.45) is 2.25. The minimum Gasteiger partial charge on any atom is -0.478 e. The van der Waals surface area contributed by atoms with Gasteiger partial charge in [0.05, 0.1) is 6.54 Å². The van der Waals surface area contributed by atoms with Crippen LogP contribution in [0.3, 0.4) is 0 Å². The van der Waals surface area contributed by atoms with Crippen LogP contribution in [0, 0.1) is 5.92 Å². The van der Waals surface area contributed by atoms with Gasteiger partial charge in [-0.05, 0) is 31.4 Å². The number of para-hydroxylation sites is 1. The van der Waals surface area contributed by atoms with Gasteiger partial charge < -0.3 is 14.8 Å². The normalized spacial score (nSPS) is 11.3. The highest BCUT2D eigenvalue weighted by Gasteiger charge is 2.19. The molecule has 0 fully saturated rings. The van der Waals surface area contributed by atoms with E-state index in [1.165, 1.54) is 6.42 Å². The van der Waals surface area contributed by atoms with E-state index in [1.807, 2.05) is 12.1 Å². The van der Waals surface area contributed by atoms with Crippen LogP contribution in [0.25, 0.3) is 11.0 Å². The van der Waals surface area contributed by atoms with Gasteiger partial charge in [0.2, 0.25) is 0 Å². The monoisotopic (exact) mass is 275 g/mol. The van der Waals surface area contributed by atoms with Gasteiger partial charge in [0, 0.05) is 5.39 Å². The van der Waals surface area contributed by atoms with Crippen molar-refractivity contribution in [3.8, 4) is 0 Å². The third kappa shape index (κ3) is 3.39. The lowest BCUT2D eigenvalue weighted by Crippen LogP contribution is -2.16. The zero-order valence-electron chi connectivity index (χ0n) is 12.0. The molecule has 0 aliphatic heterocycles. The molecule has 20 heavy (non-hydrogen) atoms. The molecule has 0 saturated heterocycles. The Morgan fingerprint density at radius 1 is 1.35 bits per heavy atom. The minimum absolute atomic E-state index is 0.275. The standard InChI is InChI=1S/C16H21NO3/c1-11(2)6-5-9-17-10-14-15(16(18)19)12-7-3-4-8-13(12)20-14/h3-4,7-8,11,17H,5-6,9-10H2,1-2H3,(H,18,19). The molecule has 4 nitrogen and oxygen atoms in total. The third-order valence-corrected chi connectivity index (χ3v) is 3.30. The van der Waals surface area contributed by atoms with Crippen molar-refractivity contribution < 1.29 is 14.3 Å². The summed E-state index contributed by atoms with van der Waals surface area (Å²) in [5.74, 6) is 0.259. The molecule has 0 aliphatic carbocycles. The molecule has 0 bridgehead atoms. The van der Waals surface area contributed by atoms with Gasteiger partial charge in [-0.2, -0.15) is 0 Å². The van der Waals surface area contributed by atoms with Crippen LogP contribution < -0.4 is 5.32 Å². The smallest absolute Gasteiger partial charge is 0.339 e. The zero-order chi connectivity index (χ0) is 14.5. The molecule has 108 valence electrons. The maximum absolute atomic E-state index is 11.4. The van der Waals surface area contributed by atoms with E-state index in [2.05, 4.69) is 19.2 Å². The lowest BCUT2D eigenvalue weighted by molar-refractivity contribution is 0.0696. The van der Waals surface area contributed by atoms with Crippen LogP contribution in [0.15, 0.2) is 28.7 Å². The number of nitrogens with one attached hydrogen (secondary N) is 1. The number of hydrogen-bond donors (Lipinski definition) is 2. The Morgan fingerprint density at radius 3 is 2.80 bits per heavy atom. The van der Waals surface area contributed by atoms with Gasteiger partial charge in [0.1, 0.15) is 16.9 Å². The van der Waals surface area contributed by atoms with Crippen molar-refractivity contribution in [2.24, 2.45) is 5.92 Å². The molecule has 2 aromatic rings. The van der Waals surface area contributed by atoms with Crippen molar-refractivity contribution >= 4 is 16.9 Å². The first-order valence-corrected chi connectivity index (χ1v) is 7.04. The average Bonchev–Trinajstić information content (AvgIpc) is 2.76. The summed E-state index contributed by atoms with van der Waals surface area (Å²) >= 11 is 0. The van der Waals surface area contributed by atoms with E-state index in [-0.39, 0.29) is 5.56 Å². The Labute approximate surface area is 118 Å². The summed E-state index contributed by atoms with van der Waals surface area (Å²) in [4.78, 5) is 11.4. The summed E-state index contributed by atoms with van der Waals surface area (Å²) in [7, 11) is 0. The van der Waals surface area contributed by atoms with E-state index in [0.29, 0.717) is 29.2 Å². The van der Waals surface area contributed by atoms with Crippen LogP contribution in [-0.2, 0) is 6.54 Å². The second-order valence-corrected chi connectivity index (χ2v) is 5.41. The number of fused-ring (bicyclic) bond motifs is 1. The summed E-state index contributed by atoms with van der Waals surface area (Å²) < 4.78 is 5.64. The molecule has 2 N–H and O–H groups in total. The highest BCUT2D eigenvalue weighted by molar-refractivity contribution is 6.03. The van der Waals surface area contributed by atoms with Crippen LogP contribution in [-0.4, -0.2) is 17.6 Å². The van der Waals surface area contributed by atoms with Gasteiger partial charge >= 0.3 is 5.97 Å². The Kier molecular flexibility index (Phi) is 4.79. The molecule has 2 rings (SSSR count). The minimum atomic E-state index is -0.936. The second-order valence-electron chi connectivity index (χ2n) is 5.41. The van der Waals surface area contributed by atoms with E-state index in [4.69, 9.17) is 4.42 Å². The predicted molar refractivity (Wildman–Crippen MR) is 79.0 cm³/mol. The van der Waals surface area contributed by atoms with Gasteiger partial charge in [-0.1, -0.05) is 32.0 Å². The predicted octanol–water partition coefficient (Wildman–Crippen LogP) is 3.66. The van der Waals surface area contributed by atoms with Gasteiger partial charge in [0.15, 0.2) is 0 Å². The lowest BCUT2D eigenvalue weighted by atomic mass is 10.1. The maximum atomic E-state index is 11.4. The number of benzene rings is 1. The largest absolute Gasteiger partial charge is 0.478 e. The number of rotatable bonds is 7. The first-order valence-electron chi connectivity index (χ1n) is 7.04. The maximum Gasteiger partial charge on any atom is 0.339 e. The molecule has 0 unspecified atom stereocenters. The highest BCUT2D eigenvalue weighted by atomic mass is 16.4. The van der Waals surface area contributed by atoms with Crippen LogP contribution >= 0.6 is 0 Å². The molecule has 4 heteroatoms. The van der Waals surface area contributed by atoms with Gasteiger partial charge in [-0.25, -0.2) is 4.79 Å². The number of carbonyl (C=O) groups is 1. The van der Waals surface area contributed by atoms with Crippen molar-refractivity contribution in [2.45, 2.75) is 33.2 Å². The fraction of sp³-hybridized carbons (Fsp3) is 0.438. The second kappa shape index (κ2) is 6.57. The number of hydrogen-bond acceptors (Lipinski definition) is 3. The summed E-state index contributed by atoms with van der Waals surface area (Å²) in [5.41, 5.74) is 0.904. The number of aromatic carboxylic acids is 1. The highest BCUT2D eigenvalue weighted by Crippen LogP contribution is 2.25. The van der Waals surface area contributed by atoms with Crippen molar-refractivity contribution in [1.29, 1.82) is 0 Å². The molecule has 1 aromatic heterocycles. The number of carboxylic acid groups (broad SMARTS) is 1. The van der Waals surface area contributed by atoms with Gasteiger partial charge in [-0.3, -0.25) is 0 Å². The summed E-state index contributed by atoms with van der Waals surface area (Å²) in [6.45, 7) is 5.71. The lowest BCUT2D eigenvalue weighted by Gasteiger charge is -2.05. The van der Waals surface area contributed by atoms with Crippen molar-refractivity contribution in [3.05, 3.63) is 35.6 Å². The molecule has 0 spiro atoms. The number of carboxylic acids is 1. The van der Waals surface area contributed by atoms with Crippen LogP contribution in [0.4, 0.5) is 0 Å². The van der Waals surface area contributed by atoms with Crippen LogP contribution in [0.2, 0.25) is 0 Å². The topological polar surface area (TPSA) is 62.5 Å². The molecular weight excluding hydrogens is 254 g/mol. The van der Waals surface area contributed by atoms with Gasteiger partial charge in [-0.15, -0.1) is 0 Å². The fourth-order valence-corrected chi connectivity index (χ4v) is 2.29. The average molecular weight is 275 g/mol.